The molecule has 2 fully saturated rings. The molecule has 3 unspecified atom stereocenters. The van der Waals surface area contributed by atoms with Crippen molar-refractivity contribution in [1.29, 1.82) is 0 Å². The molecule has 3 atom stereocenters. The third-order valence-corrected chi connectivity index (χ3v) is 8.51. The van der Waals surface area contributed by atoms with E-state index in [2.05, 4.69) is 20.2 Å². The van der Waals surface area contributed by atoms with Gasteiger partial charge in [-0.3, -0.25) is 0 Å². The lowest BCUT2D eigenvalue weighted by Crippen LogP contribution is -2.52. The molecule has 2 aromatic heterocycles. The maximum atomic E-state index is 12.5. The van der Waals surface area contributed by atoms with Crippen LogP contribution in [0.25, 0.3) is 10.2 Å². The Bertz CT molecular complexity index is 971. The first kappa shape index (κ1) is 21.2. The first-order chi connectivity index (χ1) is 13.8. The van der Waals surface area contributed by atoms with Gasteiger partial charge in [-0.1, -0.05) is 0 Å². The van der Waals surface area contributed by atoms with Crippen LogP contribution in [0.15, 0.2) is 6.07 Å². The summed E-state index contributed by atoms with van der Waals surface area (Å²) in [6, 6.07) is 1.37. The van der Waals surface area contributed by atoms with Gasteiger partial charge in [0.15, 0.2) is 15.7 Å². The van der Waals surface area contributed by atoms with Crippen molar-refractivity contribution in [2.75, 3.05) is 44.0 Å². The van der Waals surface area contributed by atoms with Gasteiger partial charge < -0.3 is 20.7 Å². The second kappa shape index (κ2) is 8.60. The van der Waals surface area contributed by atoms with Crippen molar-refractivity contribution in [2.45, 2.75) is 36.6 Å². The Morgan fingerprint density at radius 3 is 2.83 bits per heavy atom. The zero-order chi connectivity index (χ0) is 20.6. The number of nitrogens with one attached hydrogen (secondary N) is 1. The Labute approximate surface area is 179 Å². The molecule has 0 saturated carbocycles. The number of halogens is 1. The average Bonchev–Trinajstić information content (AvgIpc) is 3.30. The first-order valence-electron chi connectivity index (χ1n) is 9.79. The van der Waals surface area contributed by atoms with Crippen LogP contribution in [-0.2, 0) is 21.0 Å². The molecule has 160 valence electrons. The number of sulfone groups is 1. The van der Waals surface area contributed by atoms with Gasteiger partial charge in [0.2, 0.25) is 5.28 Å². The molecule has 2 saturated heterocycles. The van der Waals surface area contributed by atoms with Gasteiger partial charge in [0, 0.05) is 36.3 Å². The minimum atomic E-state index is -3.28. The summed E-state index contributed by atoms with van der Waals surface area (Å²) in [6.45, 7) is 3.63. The van der Waals surface area contributed by atoms with Crippen molar-refractivity contribution in [1.82, 2.24) is 15.3 Å². The molecule has 0 radical (unpaired) electrons. The summed E-state index contributed by atoms with van der Waals surface area (Å²) in [6.07, 6.45) is 3.56. The molecule has 0 bridgehead atoms. The third-order valence-electron chi connectivity index (χ3n) is 5.54. The molecule has 3 N–H and O–H groups in total. The van der Waals surface area contributed by atoms with E-state index < -0.39 is 21.1 Å². The van der Waals surface area contributed by atoms with E-state index in [1.165, 1.54) is 6.26 Å². The van der Waals surface area contributed by atoms with Crippen LogP contribution in [-0.4, -0.2) is 74.8 Å². The Hall–Kier alpha value is -1.04. The summed E-state index contributed by atoms with van der Waals surface area (Å²) in [7, 11) is -3.28. The van der Waals surface area contributed by atoms with Gasteiger partial charge in [0.25, 0.3) is 0 Å². The maximum Gasteiger partial charge on any atom is 0.224 e. The predicted molar refractivity (Wildman–Crippen MR) is 117 cm³/mol. The largest absolute Gasteiger partial charge is 0.378 e. The summed E-state index contributed by atoms with van der Waals surface area (Å²) < 4.78 is 31.3. The van der Waals surface area contributed by atoms with Crippen LogP contribution in [0.5, 0.6) is 0 Å². The van der Waals surface area contributed by atoms with Gasteiger partial charge in [-0.15, -0.1) is 11.3 Å². The summed E-state index contributed by atoms with van der Waals surface area (Å²) in [4.78, 5) is 12.0. The van der Waals surface area contributed by atoms with Crippen molar-refractivity contribution in [3.05, 3.63) is 16.2 Å². The van der Waals surface area contributed by atoms with E-state index in [9.17, 15) is 8.42 Å². The van der Waals surface area contributed by atoms with E-state index in [1.807, 2.05) is 6.07 Å². The summed E-state index contributed by atoms with van der Waals surface area (Å²) in [5.41, 5.74) is 7.22. The number of fused-ring (bicyclic) bond motifs is 1. The van der Waals surface area contributed by atoms with Crippen LogP contribution in [0.2, 0.25) is 5.28 Å². The Kier molecular flexibility index (Phi) is 6.29. The minimum absolute atomic E-state index is 0.0903. The number of aromatic nitrogens is 2. The van der Waals surface area contributed by atoms with E-state index in [0.717, 1.165) is 53.4 Å². The molecular formula is C18H26ClN5O3S2. The molecule has 8 nitrogen and oxygen atoms in total. The fourth-order valence-electron chi connectivity index (χ4n) is 4.28. The topological polar surface area (TPSA) is 110 Å². The highest BCUT2D eigenvalue weighted by atomic mass is 35.5. The molecule has 2 aromatic rings. The highest BCUT2D eigenvalue weighted by Crippen LogP contribution is 2.34. The molecule has 0 aliphatic carbocycles. The van der Waals surface area contributed by atoms with E-state index in [4.69, 9.17) is 22.1 Å². The van der Waals surface area contributed by atoms with Gasteiger partial charge in [-0.05, 0) is 43.5 Å². The second-order valence-electron chi connectivity index (χ2n) is 7.71. The van der Waals surface area contributed by atoms with Gasteiger partial charge >= 0.3 is 0 Å². The van der Waals surface area contributed by atoms with Crippen molar-refractivity contribution >= 4 is 48.8 Å². The summed E-state index contributed by atoms with van der Waals surface area (Å²) >= 11 is 7.73. The predicted octanol–water partition coefficient (Wildman–Crippen LogP) is 1.22. The van der Waals surface area contributed by atoms with Crippen LogP contribution in [0, 0.1) is 0 Å². The van der Waals surface area contributed by atoms with Crippen LogP contribution >= 0.6 is 22.9 Å². The molecule has 0 amide bonds. The van der Waals surface area contributed by atoms with Crippen molar-refractivity contribution in [2.24, 2.45) is 5.73 Å². The second-order valence-corrected chi connectivity index (χ2v) is 11.4. The number of morpholine rings is 1. The Balaban J connectivity index is 1.62. The zero-order valence-corrected chi connectivity index (χ0v) is 18.7. The lowest BCUT2D eigenvalue weighted by Gasteiger charge is -2.28. The van der Waals surface area contributed by atoms with Crippen molar-refractivity contribution in [3.63, 3.8) is 0 Å². The number of anilines is 1. The zero-order valence-electron chi connectivity index (χ0n) is 16.3. The number of nitrogens with zero attached hydrogens (tertiary/aromatic N) is 3. The number of nitrogens with two attached hydrogens (primary N) is 1. The number of ether oxygens (including phenoxy) is 1. The normalized spacial score (nSPS) is 22.9. The summed E-state index contributed by atoms with van der Waals surface area (Å²) in [5.74, 6) is 0.810. The number of thiophene rings is 1. The van der Waals surface area contributed by atoms with E-state index in [0.29, 0.717) is 19.6 Å². The van der Waals surface area contributed by atoms with Gasteiger partial charge in [0.05, 0.1) is 28.7 Å². The molecule has 4 heterocycles. The molecule has 2 aliphatic rings. The SMILES string of the molecule is CS(=O)(=O)C(C(N)Cc1cc2nc(Cl)nc(N3CCOCC3)c2s1)C1CCCN1. The van der Waals surface area contributed by atoms with Crippen LogP contribution < -0.4 is 16.0 Å². The van der Waals surface area contributed by atoms with Crippen LogP contribution in [0.1, 0.15) is 17.7 Å². The lowest BCUT2D eigenvalue weighted by atomic mass is 10.0. The summed E-state index contributed by atoms with van der Waals surface area (Å²) in [5, 5.41) is 2.90. The van der Waals surface area contributed by atoms with E-state index in [-0.39, 0.29) is 11.3 Å². The van der Waals surface area contributed by atoms with Crippen molar-refractivity contribution < 1.29 is 13.2 Å². The molecule has 29 heavy (non-hydrogen) atoms. The third kappa shape index (κ3) is 4.67. The lowest BCUT2D eigenvalue weighted by molar-refractivity contribution is 0.122. The van der Waals surface area contributed by atoms with Gasteiger partial charge in [-0.2, -0.15) is 4.98 Å². The monoisotopic (exact) mass is 459 g/mol. The average molecular weight is 460 g/mol. The highest BCUT2D eigenvalue weighted by molar-refractivity contribution is 7.91. The molecule has 0 aromatic carbocycles. The van der Waals surface area contributed by atoms with Gasteiger partial charge in [-0.25, -0.2) is 13.4 Å². The van der Waals surface area contributed by atoms with Crippen molar-refractivity contribution in [3.8, 4) is 0 Å². The standard InChI is InChI=1S/C18H26ClN5O3S2/c1-29(25,26)16(13-3-2-4-21-13)12(20)9-11-10-14-15(28-11)17(23-18(19)22-14)24-5-7-27-8-6-24/h10,12-13,16,21H,2-9,20H2,1H3. The quantitative estimate of drug-likeness (QED) is 0.620. The Morgan fingerprint density at radius 1 is 1.41 bits per heavy atom. The van der Waals surface area contributed by atoms with E-state index in [1.54, 1.807) is 11.3 Å². The number of hydrogen-bond acceptors (Lipinski definition) is 9. The number of rotatable bonds is 6. The molecule has 2 aliphatic heterocycles. The van der Waals surface area contributed by atoms with E-state index >= 15 is 0 Å². The highest BCUT2D eigenvalue weighted by Gasteiger charge is 2.37. The smallest absolute Gasteiger partial charge is 0.224 e. The van der Waals surface area contributed by atoms with Crippen LogP contribution in [0.4, 0.5) is 5.82 Å². The first-order valence-corrected chi connectivity index (χ1v) is 12.9. The molecule has 11 heteroatoms. The molecular weight excluding hydrogens is 434 g/mol. The number of hydrogen-bond donors (Lipinski definition) is 2. The molecule has 0 spiro atoms. The minimum Gasteiger partial charge on any atom is -0.378 e. The Morgan fingerprint density at radius 2 is 2.17 bits per heavy atom. The maximum absolute atomic E-state index is 12.5. The van der Waals surface area contributed by atoms with Gasteiger partial charge in [0.1, 0.15) is 0 Å². The molecule has 4 rings (SSSR count). The van der Waals surface area contributed by atoms with Crippen LogP contribution in [0.3, 0.4) is 0 Å². The fourth-order valence-corrected chi connectivity index (χ4v) is 7.20. The fraction of sp³-hybridized carbons (Fsp3) is 0.667.